The van der Waals surface area contributed by atoms with Crippen LogP contribution in [0, 0.1) is 17.7 Å². The average Bonchev–Trinajstić information content (AvgIpc) is 2.70. The molecule has 1 saturated carbocycles. The lowest BCUT2D eigenvalue weighted by molar-refractivity contribution is -0.132. The SMILES string of the molecule is C[C@@H]1CN(C(=O)CCc2cccc(F)c2)C[C@@]1(O)C1CCC1. The maximum Gasteiger partial charge on any atom is 0.223 e. The van der Waals surface area contributed by atoms with Crippen LogP contribution in [0.1, 0.15) is 38.2 Å². The number of hydrogen-bond acceptors (Lipinski definition) is 2. The predicted molar refractivity (Wildman–Crippen MR) is 82.8 cm³/mol. The normalized spacial score (nSPS) is 28.7. The Balaban J connectivity index is 1.57. The minimum absolute atomic E-state index is 0.0614. The summed E-state index contributed by atoms with van der Waals surface area (Å²) in [4.78, 5) is 14.2. The molecule has 0 spiro atoms. The van der Waals surface area contributed by atoms with E-state index in [0.29, 0.717) is 31.8 Å². The summed E-state index contributed by atoms with van der Waals surface area (Å²) in [5.74, 6) is 0.282. The van der Waals surface area contributed by atoms with Crippen molar-refractivity contribution in [2.24, 2.45) is 11.8 Å². The molecule has 0 aromatic heterocycles. The van der Waals surface area contributed by atoms with Gasteiger partial charge in [-0.1, -0.05) is 25.5 Å². The van der Waals surface area contributed by atoms with Crippen LogP contribution in [0.25, 0.3) is 0 Å². The molecule has 1 N–H and O–H groups in total. The fraction of sp³-hybridized carbons (Fsp3) is 0.611. The lowest BCUT2D eigenvalue weighted by atomic mass is 9.69. The minimum Gasteiger partial charge on any atom is -0.387 e. The Labute approximate surface area is 131 Å². The average molecular weight is 305 g/mol. The van der Waals surface area contributed by atoms with Gasteiger partial charge in [0.25, 0.3) is 0 Å². The summed E-state index contributed by atoms with van der Waals surface area (Å²) in [5, 5.41) is 10.9. The highest BCUT2D eigenvalue weighted by Gasteiger charge is 2.50. The van der Waals surface area contributed by atoms with E-state index in [1.54, 1.807) is 11.0 Å². The van der Waals surface area contributed by atoms with Crippen molar-refractivity contribution in [3.8, 4) is 0 Å². The van der Waals surface area contributed by atoms with Crippen molar-refractivity contribution in [1.29, 1.82) is 0 Å². The van der Waals surface area contributed by atoms with Crippen LogP contribution in [0.2, 0.25) is 0 Å². The number of carbonyl (C=O) groups excluding carboxylic acids is 1. The number of amides is 1. The number of aryl methyl sites for hydroxylation is 1. The molecule has 3 rings (SSSR count). The molecule has 22 heavy (non-hydrogen) atoms. The van der Waals surface area contributed by atoms with Crippen molar-refractivity contribution in [3.05, 3.63) is 35.6 Å². The second-order valence-corrected chi connectivity index (χ2v) is 6.92. The fourth-order valence-electron chi connectivity index (χ4n) is 3.75. The Morgan fingerprint density at radius 3 is 2.86 bits per heavy atom. The maximum absolute atomic E-state index is 13.2. The summed E-state index contributed by atoms with van der Waals surface area (Å²) in [5.41, 5.74) is 0.141. The number of carbonyl (C=O) groups is 1. The molecule has 1 aromatic rings. The van der Waals surface area contributed by atoms with E-state index in [-0.39, 0.29) is 17.6 Å². The monoisotopic (exact) mass is 305 g/mol. The van der Waals surface area contributed by atoms with E-state index in [2.05, 4.69) is 0 Å². The van der Waals surface area contributed by atoms with Gasteiger partial charge >= 0.3 is 0 Å². The van der Waals surface area contributed by atoms with E-state index < -0.39 is 5.60 Å². The maximum atomic E-state index is 13.2. The van der Waals surface area contributed by atoms with Gasteiger partial charge in [-0.25, -0.2) is 4.39 Å². The Hall–Kier alpha value is -1.42. The molecular weight excluding hydrogens is 281 g/mol. The molecule has 1 aromatic carbocycles. The molecule has 2 fully saturated rings. The number of hydrogen-bond donors (Lipinski definition) is 1. The van der Waals surface area contributed by atoms with E-state index in [4.69, 9.17) is 0 Å². The van der Waals surface area contributed by atoms with Crippen molar-refractivity contribution in [2.75, 3.05) is 13.1 Å². The second-order valence-electron chi connectivity index (χ2n) is 6.92. The van der Waals surface area contributed by atoms with Crippen LogP contribution in [0.5, 0.6) is 0 Å². The lowest BCUT2D eigenvalue weighted by Crippen LogP contribution is -2.48. The summed E-state index contributed by atoms with van der Waals surface area (Å²) < 4.78 is 13.2. The van der Waals surface area contributed by atoms with Crippen LogP contribution in [0.15, 0.2) is 24.3 Å². The number of β-amino-alcohol motifs (C(OH)–C–C–N with tert-alkyl or cyclic N) is 1. The Kier molecular flexibility index (Phi) is 4.22. The third kappa shape index (κ3) is 2.89. The predicted octanol–water partition coefficient (Wildman–Crippen LogP) is 2.77. The molecule has 1 aliphatic heterocycles. The standard InChI is InChI=1S/C18H24FNO2/c1-13-11-20(12-18(13,22)15-5-3-6-15)17(21)9-8-14-4-2-7-16(19)10-14/h2,4,7,10,13,15,22H,3,5-6,8-9,11-12H2,1H3/t13-,18+/m1/s1. The fourth-order valence-corrected chi connectivity index (χ4v) is 3.75. The minimum atomic E-state index is -0.702. The van der Waals surface area contributed by atoms with Crippen LogP contribution >= 0.6 is 0 Å². The summed E-state index contributed by atoms with van der Waals surface area (Å²) in [6.45, 7) is 3.13. The Bertz CT molecular complexity index is 558. The van der Waals surface area contributed by atoms with Crippen molar-refractivity contribution in [3.63, 3.8) is 0 Å². The molecule has 0 unspecified atom stereocenters. The zero-order chi connectivity index (χ0) is 15.7. The third-order valence-electron chi connectivity index (χ3n) is 5.47. The van der Waals surface area contributed by atoms with Crippen LogP contribution < -0.4 is 0 Å². The van der Waals surface area contributed by atoms with Crippen LogP contribution in [0.4, 0.5) is 4.39 Å². The Morgan fingerprint density at radius 2 is 2.23 bits per heavy atom. The molecule has 4 heteroatoms. The molecule has 0 bridgehead atoms. The van der Waals surface area contributed by atoms with Crippen molar-refractivity contribution >= 4 is 5.91 Å². The Morgan fingerprint density at radius 1 is 1.45 bits per heavy atom. The summed E-state index contributed by atoms with van der Waals surface area (Å²) in [7, 11) is 0. The molecule has 1 aliphatic carbocycles. The summed E-state index contributed by atoms with van der Waals surface area (Å²) in [6, 6.07) is 6.40. The molecule has 1 saturated heterocycles. The highest BCUT2D eigenvalue weighted by molar-refractivity contribution is 5.77. The molecule has 120 valence electrons. The summed E-state index contributed by atoms with van der Waals surface area (Å²) in [6.07, 6.45) is 4.26. The van der Waals surface area contributed by atoms with Crippen LogP contribution in [0.3, 0.4) is 0 Å². The van der Waals surface area contributed by atoms with Gasteiger partial charge in [-0.05, 0) is 42.9 Å². The molecular formula is C18H24FNO2. The smallest absolute Gasteiger partial charge is 0.223 e. The van der Waals surface area contributed by atoms with Gasteiger partial charge in [0.15, 0.2) is 0 Å². The number of nitrogens with zero attached hydrogens (tertiary/aromatic N) is 1. The van der Waals surface area contributed by atoms with Gasteiger partial charge < -0.3 is 10.0 Å². The lowest BCUT2D eigenvalue weighted by Gasteiger charge is -2.41. The largest absolute Gasteiger partial charge is 0.387 e. The molecule has 3 nitrogen and oxygen atoms in total. The number of halogens is 1. The highest BCUT2D eigenvalue weighted by atomic mass is 19.1. The first-order valence-electron chi connectivity index (χ1n) is 8.23. The zero-order valence-electron chi connectivity index (χ0n) is 13.1. The van der Waals surface area contributed by atoms with Gasteiger partial charge in [-0.2, -0.15) is 0 Å². The van der Waals surface area contributed by atoms with Crippen molar-refractivity contribution < 1.29 is 14.3 Å². The van der Waals surface area contributed by atoms with Crippen molar-refractivity contribution in [2.45, 2.75) is 44.6 Å². The van der Waals surface area contributed by atoms with E-state index in [9.17, 15) is 14.3 Å². The van der Waals surface area contributed by atoms with Gasteiger partial charge in [-0.15, -0.1) is 0 Å². The molecule has 0 radical (unpaired) electrons. The molecule has 2 aliphatic rings. The van der Waals surface area contributed by atoms with Gasteiger partial charge in [-0.3, -0.25) is 4.79 Å². The quantitative estimate of drug-likeness (QED) is 0.929. The van der Waals surface area contributed by atoms with Gasteiger partial charge in [0.2, 0.25) is 5.91 Å². The number of rotatable bonds is 4. The number of likely N-dealkylation sites (tertiary alicyclic amines) is 1. The third-order valence-corrected chi connectivity index (χ3v) is 5.47. The number of aliphatic hydroxyl groups is 1. The summed E-state index contributed by atoms with van der Waals surface area (Å²) >= 11 is 0. The first kappa shape index (κ1) is 15.5. The van der Waals surface area contributed by atoms with Gasteiger partial charge in [0.1, 0.15) is 5.82 Å². The van der Waals surface area contributed by atoms with E-state index in [1.807, 2.05) is 13.0 Å². The first-order valence-corrected chi connectivity index (χ1v) is 8.23. The van der Waals surface area contributed by atoms with E-state index >= 15 is 0 Å². The topological polar surface area (TPSA) is 40.5 Å². The van der Waals surface area contributed by atoms with Crippen LogP contribution in [-0.2, 0) is 11.2 Å². The zero-order valence-corrected chi connectivity index (χ0v) is 13.1. The molecule has 1 heterocycles. The van der Waals surface area contributed by atoms with Gasteiger partial charge in [0.05, 0.1) is 5.60 Å². The second kappa shape index (κ2) is 5.99. The highest BCUT2D eigenvalue weighted by Crippen LogP contribution is 2.44. The van der Waals surface area contributed by atoms with E-state index in [1.165, 1.54) is 18.6 Å². The van der Waals surface area contributed by atoms with E-state index in [0.717, 1.165) is 18.4 Å². The molecule has 1 amide bonds. The number of benzene rings is 1. The first-order chi connectivity index (χ1) is 10.5. The van der Waals surface area contributed by atoms with Crippen molar-refractivity contribution in [1.82, 2.24) is 4.90 Å². The molecule has 2 atom stereocenters. The van der Waals surface area contributed by atoms with Gasteiger partial charge in [0, 0.05) is 25.4 Å². The van der Waals surface area contributed by atoms with Crippen LogP contribution in [-0.4, -0.2) is 34.6 Å².